The van der Waals surface area contributed by atoms with E-state index in [0.29, 0.717) is 27.7 Å². The SMILES string of the molecule is O=C(Nc1ccc(I)cc1Cl)[C@H](Cc1cscn1)N1C(=O)N[C@H](c2ccc(OCCO)cc2)C1=O. The van der Waals surface area contributed by atoms with Crippen LogP contribution in [0.5, 0.6) is 5.75 Å². The van der Waals surface area contributed by atoms with Crippen LogP contribution in [-0.2, 0) is 16.0 Å². The largest absolute Gasteiger partial charge is 0.491 e. The van der Waals surface area contributed by atoms with E-state index in [1.54, 1.807) is 53.4 Å². The molecule has 0 spiro atoms. The number of benzene rings is 2. The van der Waals surface area contributed by atoms with Crippen molar-refractivity contribution in [2.75, 3.05) is 18.5 Å². The van der Waals surface area contributed by atoms with Crippen LogP contribution in [0.3, 0.4) is 0 Å². The first kappa shape index (κ1) is 25.4. The van der Waals surface area contributed by atoms with Crippen molar-refractivity contribution in [3.63, 3.8) is 0 Å². The molecule has 0 bridgehead atoms. The molecule has 1 aromatic heterocycles. The first-order valence-electron chi connectivity index (χ1n) is 10.5. The summed E-state index contributed by atoms with van der Waals surface area (Å²) in [6, 6.07) is 8.97. The molecule has 0 saturated carbocycles. The molecule has 2 atom stereocenters. The number of aliphatic hydroxyl groups is 1. The van der Waals surface area contributed by atoms with Crippen LogP contribution < -0.4 is 15.4 Å². The Kier molecular flexibility index (Phi) is 8.21. The van der Waals surface area contributed by atoms with Crippen LogP contribution in [0.15, 0.2) is 53.4 Å². The molecule has 1 aliphatic heterocycles. The summed E-state index contributed by atoms with van der Waals surface area (Å²) in [6.45, 7) is 0.0218. The van der Waals surface area contributed by atoms with Crippen LogP contribution in [0.25, 0.3) is 0 Å². The van der Waals surface area contributed by atoms with Gasteiger partial charge in [-0.2, -0.15) is 0 Å². The Bertz CT molecular complexity index is 1230. The maximum atomic E-state index is 13.4. The lowest BCUT2D eigenvalue weighted by Gasteiger charge is -2.24. The number of thiazole rings is 1. The van der Waals surface area contributed by atoms with E-state index < -0.39 is 29.9 Å². The van der Waals surface area contributed by atoms with Crippen LogP contribution in [0, 0.1) is 3.57 Å². The summed E-state index contributed by atoms with van der Waals surface area (Å²) in [5.74, 6) is -0.590. The quantitative estimate of drug-likeness (QED) is 0.247. The fraction of sp³-hybridized carbons (Fsp3) is 0.217. The Labute approximate surface area is 223 Å². The van der Waals surface area contributed by atoms with Crippen LogP contribution in [0.2, 0.25) is 5.02 Å². The Hall–Kier alpha value is -2.74. The highest BCUT2D eigenvalue weighted by atomic mass is 127. The van der Waals surface area contributed by atoms with Gasteiger partial charge in [0.2, 0.25) is 5.91 Å². The van der Waals surface area contributed by atoms with Gasteiger partial charge < -0.3 is 20.5 Å². The number of hydrogen-bond donors (Lipinski definition) is 3. The lowest BCUT2D eigenvalue weighted by Crippen LogP contribution is -2.49. The molecule has 1 fully saturated rings. The van der Waals surface area contributed by atoms with Gasteiger partial charge in [-0.1, -0.05) is 23.7 Å². The van der Waals surface area contributed by atoms with Crippen molar-refractivity contribution < 1.29 is 24.2 Å². The Morgan fingerprint density at radius 2 is 2.06 bits per heavy atom. The molecular weight excluding hydrogens is 607 g/mol. The minimum atomic E-state index is -1.14. The molecule has 3 aromatic rings. The molecule has 0 unspecified atom stereocenters. The molecule has 0 radical (unpaired) electrons. The zero-order chi connectivity index (χ0) is 24.9. The third-order valence-corrected chi connectivity index (χ3v) is 6.85. The summed E-state index contributed by atoms with van der Waals surface area (Å²) >= 11 is 9.73. The molecule has 1 saturated heterocycles. The molecule has 12 heteroatoms. The summed E-state index contributed by atoms with van der Waals surface area (Å²) < 4.78 is 6.24. The zero-order valence-corrected chi connectivity index (χ0v) is 21.8. The summed E-state index contributed by atoms with van der Waals surface area (Å²) in [5.41, 5.74) is 3.12. The number of hydrogen-bond acceptors (Lipinski definition) is 7. The lowest BCUT2D eigenvalue weighted by atomic mass is 10.0. The molecule has 2 aromatic carbocycles. The highest BCUT2D eigenvalue weighted by Crippen LogP contribution is 2.28. The first-order valence-corrected chi connectivity index (χ1v) is 12.9. The Morgan fingerprint density at radius 1 is 1.29 bits per heavy atom. The fourth-order valence-electron chi connectivity index (χ4n) is 3.58. The monoisotopic (exact) mass is 626 g/mol. The number of nitrogens with zero attached hydrogens (tertiary/aromatic N) is 2. The van der Waals surface area contributed by atoms with E-state index in [9.17, 15) is 14.4 Å². The van der Waals surface area contributed by atoms with E-state index in [-0.39, 0.29) is 19.6 Å². The van der Waals surface area contributed by atoms with Gasteiger partial charge in [0, 0.05) is 15.4 Å². The molecule has 4 rings (SSSR count). The number of urea groups is 1. The van der Waals surface area contributed by atoms with Gasteiger partial charge in [-0.15, -0.1) is 11.3 Å². The van der Waals surface area contributed by atoms with E-state index in [2.05, 4.69) is 38.2 Å². The van der Waals surface area contributed by atoms with Gasteiger partial charge in [0.05, 0.1) is 28.5 Å². The van der Waals surface area contributed by atoms with E-state index in [1.165, 1.54) is 11.3 Å². The number of halogens is 2. The molecular formula is C23H20ClIN4O5S. The third-order valence-electron chi connectivity index (χ3n) is 5.23. The molecule has 4 amide bonds. The average Bonchev–Trinajstić information content (AvgIpc) is 3.46. The van der Waals surface area contributed by atoms with Crippen molar-refractivity contribution in [1.29, 1.82) is 0 Å². The van der Waals surface area contributed by atoms with Gasteiger partial charge in [0.15, 0.2) is 0 Å². The normalized spacial score (nSPS) is 16.2. The van der Waals surface area contributed by atoms with Crippen LogP contribution in [0.1, 0.15) is 17.3 Å². The van der Waals surface area contributed by atoms with Crippen LogP contribution in [-0.4, -0.2) is 52.1 Å². The van der Waals surface area contributed by atoms with E-state index >= 15 is 0 Å². The molecule has 2 heterocycles. The minimum absolute atomic E-state index is 0.0527. The van der Waals surface area contributed by atoms with Gasteiger partial charge in [0.1, 0.15) is 24.4 Å². The molecule has 35 heavy (non-hydrogen) atoms. The number of imide groups is 1. The second-order valence-electron chi connectivity index (χ2n) is 7.54. The van der Waals surface area contributed by atoms with Gasteiger partial charge in [0.25, 0.3) is 5.91 Å². The Morgan fingerprint density at radius 3 is 2.71 bits per heavy atom. The molecule has 0 aliphatic carbocycles. The maximum Gasteiger partial charge on any atom is 0.325 e. The summed E-state index contributed by atoms with van der Waals surface area (Å²) in [7, 11) is 0. The highest BCUT2D eigenvalue weighted by molar-refractivity contribution is 14.1. The number of carbonyl (C=O) groups is 3. The van der Waals surface area contributed by atoms with Gasteiger partial charge in [-0.05, 0) is 58.5 Å². The molecule has 3 N–H and O–H groups in total. The van der Waals surface area contributed by atoms with Crippen molar-refractivity contribution in [3.8, 4) is 5.75 Å². The lowest BCUT2D eigenvalue weighted by molar-refractivity contribution is -0.134. The smallest absolute Gasteiger partial charge is 0.325 e. The van der Waals surface area contributed by atoms with E-state index in [4.69, 9.17) is 21.4 Å². The Balaban J connectivity index is 1.58. The van der Waals surface area contributed by atoms with Crippen molar-refractivity contribution in [3.05, 3.63) is 73.2 Å². The zero-order valence-electron chi connectivity index (χ0n) is 18.1. The minimum Gasteiger partial charge on any atom is -0.491 e. The second-order valence-corrected chi connectivity index (χ2v) is 9.92. The summed E-state index contributed by atoms with van der Waals surface area (Å²) in [5, 5.41) is 16.4. The van der Waals surface area contributed by atoms with Crippen LogP contribution >= 0.6 is 45.5 Å². The van der Waals surface area contributed by atoms with Crippen molar-refractivity contribution in [2.45, 2.75) is 18.5 Å². The molecule has 182 valence electrons. The predicted molar refractivity (Wildman–Crippen MR) is 140 cm³/mol. The molecule has 9 nitrogen and oxygen atoms in total. The average molecular weight is 627 g/mol. The third kappa shape index (κ3) is 5.92. The second kappa shape index (κ2) is 11.3. The predicted octanol–water partition coefficient (Wildman–Crippen LogP) is 3.62. The number of ether oxygens (including phenoxy) is 1. The number of aliphatic hydroxyl groups excluding tert-OH is 1. The van der Waals surface area contributed by atoms with Gasteiger partial charge >= 0.3 is 6.03 Å². The van der Waals surface area contributed by atoms with Crippen molar-refractivity contribution >= 4 is 69.1 Å². The van der Waals surface area contributed by atoms with Crippen LogP contribution in [0.4, 0.5) is 10.5 Å². The maximum absolute atomic E-state index is 13.4. The molecule has 1 aliphatic rings. The topological polar surface area (TPSA) is 121 Å². The number of nitrogens with one attached hydrogen (secondary N) is 2. The number of rotatable bonds is 9. The van der Waals surface area contributed by atoms with Gasteiger partial charge in [-0.3, -0.25) is 9.59 Å². The number of amides is 4. The number of anilines is 1. The van der Waals surface area contributed by atoms with Crippen molar-refractivity contribution in [2.24, 2.45) is 0 Å². The van der Waals surface area contributed by atoms with Gasteiger partial charge in [-0.25, -0.2) is 14.7 Å². The standard InChI is InChI=1S/C23H20ClIN4O5S/c24-17-9-14(25)3-6-18(17)27-21(31)19(10-15-11-35-12-26-15)29-22(32)20(28-23(29)33)13-1-4-16(5-2-13)34-8-7-30/h1-6,9,11-12,19-20,30H,7-8,10H2,(H,27,31)(H,28,33)/t19-,20+/m0/s1. The van der Waals surface area contributed by atoms with E-state index in [0.717, 1.165) is 8.47 Å². The fourth-order valence-corrected chi connectivity index (χ4v) is 5.05. The number of carbonyl (C=O) groups excluding carboxylic acids is 3. The van der Waals surface area contributed by atoms with E-state index in [1.807, 2.05) is 0 Å². The summed E-state index contributed by atoms with van der Waals surface area (Å²) in [6.07, 6.45) is 0.0527. The highest BCUT2D eigenvalue weighted by Gasteiger charge is 2.45. The number of aromatic nitrogens is 1. The van der Waals surface area contributed by atoms with Crippen molar-refractivity contribution in [1.82, 2.24) is 15.2 Å². The first-order chi connectivity index (χ1) is 16.9. The summed E-state index contributed by atoms with van der Waals surface area (Å²) in [4.78, 5) is 44.8.